The van der Waals surface area contributed by atoms with Gasteiger partial charge in [0.1, 0.15) is 6.04 Å². The molecule has 0 radical (unpaired) electrons. The molecule has 4 nitrogen and oxygen atoms in total. The van der Waals surface area contributed by atoms with Gasteiger partial charge >= 0.3 is 0 Å². The first-order chi connectivity index (χ1) is 16.2. The van der Waals surface area contributed by atoms with Crippen molar-refractivity contribution in [1.29, 1.82) is 0 Å². The Kier molecular flexibility index (Phi) is 9.14. The molecule has 3 rings (SSSR count). The minimum Gasteiger partial charge on any atom is -0.352 e. The molecule has 0 bridgehead atoms. The van der Waals surface area contributed by atoms with E-state index in [1.54, 1.807) is 23.1 Å². The molecular weight excluding hydrogens is 467 g/mol. The molecule has 0 saturated heterocycles. The molecule has 0 aromatic heterocycles. The van der Waals surface area contributed by atoms with Crippen molar-refractivity contribution in [3.05, 3.63) is 105 Å². The summed E-state index contributed by atoms with van der Waals surface area (Å²) in [5, 5.41) is 3.91. The predicted octanol–water partition coefficient (Wildman–Crippen LogP) is 6.01. The number of hydrogen-bond donors (Lipinski definition) is 1. The first-order valence-electron chi connectivity index (χ1n) is 11.4. The molecule has 0 aliphatic heterocycles. The van der Waals surface area contributed by atoms with Gasteiger partial charge in [-0.3, -0.25) is 9.59 Å². The molecule has 0 saturated carbocycles. The molecule has 2 amide bonds. The van der Waals surface area contributed by atoms with Crippen molar-refractivity contribution in [2.24, 2.45) is 0 Å². The summed E-state index contributed by atoms with van der Waals surface area (Å²) in [5.41, 5.74) is 3.59. The second-order valence-corrected chi connectivity index (χ2v) is 9.57. The second kappa shape index (κ2) is 12.0. The monoisotopic (exact) mass is 496 g/mol. The molecule has 0 spiro atoms. The number of rotatable bonds is 9. The predicted molar refractivity (Wildman–Crippen MR) is 139 cm³/mol. The van der Waals surface area contributed by atoms with Gasteiger partial charge in [-0.2, -0.15) is 0 Å². The van der Waals surface area contributed by atoms with Gasteiger partial charge in [0.05, 0.1) is 6.42 Å². The van der Waals surface area contributed by atoms with E-state index in [9.17, 15) is 9.59 Å². The van der Waals surface area contributed by atoms with Crippen molar-refractivity contribution in [1.82, 2.24) is 10.2 Å². The summed E-state index contributed by atoms with van der Waals surface area (Å²) in [7, 11) is 0. The average molecular weight is 497 g/mol. The largest absolute Gasteiger partial charge is 0.352 e. The number of halogens is 2. The molecule has 1 N–H and O–H groups in total. The van der Waals surface area contributed by atoms with Gasteiger partial charge in [0.2, 0.25) is 11.8 Å². The third-order valence-corrected chi connectivity index (χ3v) is 6.28. The van der Waals surface area contributed by atoms with Crippen LogP contribution >= 0.6 is 23.2 Å². The van der Waals surface area contributed by atoms with Crippen LogP contribution < -0.4 is 5.32 Å². The smallest absolute Gasteiger partial charge is 0.243 e. The first-order valence-corrected chi connectivity index (χ1v) is 12.1. The lowest BCUT2D eigenvalue weighted by atomic mass is 10.0. The van der Waals surface area contributed by atoms with Crippen LogP contribution in [0.25, 0.3) is 0 Å². The Labute approximate surface area is 211 Å². The number of nitrogens with one attached hydrogen (secondary N) is 1. The maximum absolute atomic E-state index is 13.7. The third kappa shape index (κ3) is 7.09. The molecular formula is C28H30Cl2N2O2. The molecule has 0 fully saturated rings. The average Bonchev–Trinajstić information content (AvgIpc) is 2.79. The molecule has 0 heterocycles. The quantitative estimate of drug-likeness (QED) is 0.394. The molecule has 3 aromatic carbocycles. The van der Waals surface area contributed by atoms with E-state index < -0.39 is 6.04 Å². The summed E-state index contributed by atoms with van der Waals surface area (Å²) in [4.78, 5) is 28.7. The Morgan fingerprint density at radius 3 is 2.06 bits per heavy atom. The van der Waals surface area contributed by atoms with Crippen LogP contribution in [0.5, 0.6) is 0 Å². The number of amides is 2. The van der Waals surface area contributed by atoms with E-state index in [4.69, 9.17) is 23.2 Å². The van der Waals surface area contributed by atoms with Crippen LogP contribution in [0.15, 0.2) is 72.8 Å². The highest BCUT2D eigenvalue weighted by Gasteiger charge is 2.31. The van der Waals surface area contributed by atoms with E-state index in [0.717, 1.165) is 16.7 Å². The molecule has 0 aliphatic rings. The summed E-state index contributed by atoms with van der Waals surface area (Å²) in [5.74, 6) is -0.376. The zero-order valence-corrected chi connectivity index (χ0v) is 21.2. The summed E-state index contributed by atoms with van der Waals surface area (Å²) in [6, 6.07) is 22.0. The lowest BCUT2D eigenvalue weighted by molar-refractivity contribution is -0.141. The summed E-state index contributed by atoms with van der Waals surface area (Å²) < 4.78 is 0. The summed E-state index contributed by atoms with van der Waals surface area (Å²) >= 11 is 12.9. The van der Waals surface area contributed by atoms with E-state index in [2.05, 4.69) is 5.32 Å². The molecule has 178 valence electrons. The Hall–Kier alpha value is -2.82. The first kappa shape index (κ1) is 25.8. The van der Waals surface area contributed by atoms with Gasteiger partial charge in [0, 0.05) is 34.6 Å². The van der Waals surface area contributed by atoms with Crippen LogP contribution in [0.1, 0.15) is 36.1 Å². The lowest BCUT2D eigenvalue weighted by Crippen LogP contribution is -2.52. The standard InChI is InChI=1S/C28H30Cl2N2O2/c1-19(2)31-28(34)26(16-21-8-5-4-6-9-21)32(18-23-24(29)10-7-11-25(23)30)27(33)17-22-14-12-20(3)13-15-22/h4-15,19,26H,16-18H2,1-3H3,(H,31,34)/t26-/m0/s1. The minimum atomic E-state index is -0.727. The highest BCUT2D eigenvalue weighted by atomic mass is 35.5. The van der Waals surface area contributed by atoms with Crippen molar-refractivity contribution in [2.45, 2.75) is 52.2 Å². The van der Waals surface area contributed by atoms with Crippen LogP contribution in [-0.4, -0.2) is 28.8 Å². The minimum absolute atomic E-state index is 0.0660. The van der Waals surface area contributed by atoms with E-state index in [0.29, 0.717) is 22.0 Å². The van der Waals surface area contributed by atoms with Gasteiger partial charge in [0.25, 0.3) is 0 Å². The van der Waals surface area contributed by atoms with Gasteiger partial charge in [0.15, 0.2) is 0 Å². The number of aryl methyl sites for hydroxylation is 1. The lowest BCUT2D eigenvalue weighted by Gasteiger charge is -2.32. The fraction of sp³-hybridized carbons (Fsp3) is 0.286. The SMILES string of the molecule is Cc1ccc(CC(=O)N(Cc2c(Cl)cccc2Cl)[C@@H](Cc2ccccc2)C(=O)NC(C)C)cc1. The van der Waals surface area contributed by atoms with Crippen LogP contribution in [0.4, 0.5) is 0 Å². The summed E-state index contributed by atoms with van der Waals surface area (Å²) in [6.45, 7) is 5.94. The summed E-state index contributed by atoms with van der Waals surface area (Å²) in [6.07, 6.45) is 0.545. The topological polar surface area (TPSA) is 49.4 Å². The maximum Gasteiger partial charge on any atom is 0.243 e. The maximum atomic E-state index is 13.7. The van der Waals surface area contributed by atoms with Crippen molar-refractivity contribution < 1.29 is 9.59 Å². The van der Waals surface area contributed by atoms with E-state index in [1.165, 1.54) is 0 Å². The van der Waals surface area contributed by atoms with Crippen LogP contribution in [0.2, 0.25) is 10.0 Å². The Balaban J connectivity index is 2.01. The molecule has 1 atom stereocenters. The fourth-order valence-electron chi connectivity index (χ4n) is 3.77. The number of carbonyl (C=O) groups is 2. The highest BCUT2D eigenvalue weighted by molar-refractivity contribution is 6.36. The normalized spacial score (nSPS) is 11.8. The number of benzene rings is 3. The van der Waals surface area contributed by atoms with Crippen molar-refractivity contribution in [2.75, 3.05) is 0 Å². The van der Waals surface area contributed by atoms with Gasteiger partial charge in [-0.1, -0.05) is 89.4 Å². The highest BCUT2D eigenvalue weighted by Crippen LogP contribution is 2.27. The second-order valence-electron chi connectivity index (χ2n) is 8.75. The van der Waals surface area contributed by atoms with Crippen LogP contribution in [0, 0.1) is 6.92 Å². The zero-order chi connectivity index (χ0) is 24.7. The van der Waals surface area contributed by atoms with Gasteiger partial charge in [-0.15, -0.1) is 0 Å². The molecule has 3 aromatic rings. The zero-order valence-electron chi connectivity index (χ0n) is 19.7. The van der Waals surface area contributed by atoms with Crippen molar-refractivity contribution in [3.63, 3.8) is 0 Å². The molecule has 0 aliphatic carbocycles. The number of carbonyl (C=O) groups excluding carboxylic acids is 2. The van der Waals surface area contributed by atoms with Crippen molar-refractivity contribution >= 4 is 35.0 Å². The fourth-order valence-corrected chi connectivity index (χ4v) is 4.29. The van der Waals surface area contributed by atoms with Crippen molar-refractivity contribution in [3.8, 4) is 0 Å². The van der Waals surface area contributed by atoms with E-state index in [1.807, 2.05) is 75.4 Å². The van der Waals surface area contributed by atoms with E-state index in [-0.39, 0.29) is 30.8 Å². The Bertz CT molecular complexity index is 1090. The Morgan fingerprint density at radius 1 is 0.853 bits per heavy atom. The van der Waals surface area contributed by atoms with Gasteiger partial charge in [-0.05, 0) is 44.0 Å². The molecule has 34 heavy (non-hydrogen) atoms. The van der Waals surface area contributed by atoms with E-state index >= 15 is 0 Å². The molecule has 6 heteroatoms. The van der Waals surface area contributed by atoms with Gasteiger partial charge < -0.3 is 10.2 Å². The van der Waals surface area contributed by atoms with Gasteiger partial charge in [-0.25, -0.2) is 0 Å². The van der Waals surface area contributed by atoms with Crippen LogP contribution in [-0.2, 0) is 29.0 Å². The third-order valence-electron chi connectivity index (χ3n) is 5.57. The number of hydrogen-bond acceptors (Lipinski definition) is 2. The molecule has 0 unspecified atom stereocenters. The van der Waals surface area contributed by atoms with Crippen LogP contribution in [0.3, 0.4) is 0 Å². The Morgan fingerprint density at radius 2 is 1.47 bits per heavy atom. The number of nitrogens with zero attached hydrogens (tertiary/aromatic N) is 1.